The zero-order valence-corrected chi connectivity index (χ0v) is 17.3. The summed E-state index contributed by atoms with van der Waals surface area (Å²) in [4.78, 5) is 14.1. The fourth-order valence-electron chi connectivity index (χ4n) is 2.32. The van der Waals surface area contributed by atoms with Gasteiger partial charge in [-0.1, -0.05) is 29.3 Å². The Morgan fingerprint density at radius 1 is 1.11 bits per heavy atom. The maximum Gasteiger partial charge on any atom is 0.263 e. The third-order valence-electron chi connectivity index (χ3n) is 3.63. The van der Waals surface area contributed by atoms with Gasteiger partial charge >= 0.3 is 0 Å². The lowest BCUT2D eigenvalue weighted by atomic mass is 10.2. The molecule has 0 atom stereocenters. The topological polar surface area (TPSA) is 78.5 Å². The lowest BCUT2D eigenvalue weighted by Gasteiger charge is -2.12. The normalized spacial score (nSPS) is 11.4. The van der Waals surface area contributed by atoms with Gasteiger partial charge in [0.05, 0.1) is 5.02 Å². The Balaban J connectivity index is 2.10. The van der Waals surface area contributed by atoms with Crippen molar-refractivity contribution < 1.29 is 13.2 Å². The van der Waals surface area contributed by atoms with Gasteiger partial charge in [0, 0.05) is 22.8 Å². The van der Waals surface area contributed by atoms with Gasteiger partial charge < -0.3 is 10.2 Å². The molecule has 146 valence electrons. The summed E-state index contributed by atoms with van der Waals surface area (Å²) in [6.07, 6.45) is 0.818. The van der Waals surface area contributed by atoms with Gasteiger partial charge in [-0.15, -0.1) is 0 Å². The number of carbonyl (C=O) groups is 1. The highest BCUT2D eigenvalue weighted by Crippen LogP contribution is 2.27. The molecule has 0 radical (unpaired) electrons. The van der Waals surface area contributed by atoms with Crippen molar-refractivity contribution in [3.05, 3.63) is 58.1 Å². The monoisotopic (exact) mass is 429 g/mol. The highest BCUT2D eigenvalue weighted by molar-refractivity contribution is 7.92. The molecule has 0 spiro atoms. The Morgan fingerprint density at radius 2 is 1.85 bits per heavy atom. The van der Waals surface area contributed by atoms with Crippen LogP contribution in [0.25, 0.3) is 0 Å². The molecule has 0 saturated heterocycles. The van der Waals surface area contributed by atoms with E-state index >= 15 is 0 Å². The van der Waals surface area contributed by atoms with Crippen LogP contribution >= 0.6 is 23.2 Å². The van der Waals surface area contributed by atoms with Gasteiger partial charge in [0.2, 0.25) is 0 Å². The van der Waals surface area contributed by atoms with Gasteiger partial charge in [-0.05, 0) is 63.5 Å². The van der Waals surface area contributed by atoms with E-state index in [0.717, 1.165) is 13.0 Å². The molecule has 0 aliphatic rings. The Hall–Kier alpha value is -1.80. The van der Waals surface area contributed by atoms with E-state index in [2.05, 4.69) is 10.0 Å². The van der Waals surface area contributed by atoms with Crippen molar-refractivity contribution in [2.24, 2.45) is 0 Å². The van der Waals surface area contributed by atoms with Crippen molar-refractivity contribution >= 4 is 44.8 Å². The van der Waals surface area contributed by atoms with Gasteiger partial charge in [0.15, 0.2) is 0 Å². The highest BCUT2D eigenvalue weighted by Gasteiger charge is 2.19. The SMILES string of the molecule is CN(C)CCCNC(=O)c1cccc(NS(=O)(=O)c2cc(Cl)ccc2Cl)c1. The van der Waals surface area contributed by atoms with E-state index in [4.69, 9.17) is 23.2 Å². The standard InChI is InChI=1S/C18H21Cl2N3O3S/c1-23(2)10-4-9-21-18(24)13-5-3-6-15(11-13)22-27(25,26)17-12-14(19)7-8-16(17)20/h3,5-8,11-12,22H,4,9-10H2,1-2H3,(H,21,24). The van der Waals surface area contributed by atoms with Gasteiger partial charge in [-0.2, -0.15) is 0 Å². The van der Waals surface area contributed by atoms with Crippen molar-refractivity contribution in [1.82, 2.24) is 10.2 Å². The third-order valence-corrected chi connectivity index (χ3v) is 5.73. The van der Waals surface area contributed by atoms with E-state index in [9.17, 15) is 13.2 Å². The number of nitrogens with one attached hydrogen (secondary N) is 2. The first-order chi connectivity index (χ1) is 12.7. The Bertz CT molecular complexity index is 918. The molecule has 6 nitrogen and oxygen atoms in total. The zero-order valence-electron chi connectivity index (χ0n) is 15.0. The number of carbonyl (C=O) groups excluding carboxylic acids is 1. The minimum atomic E-state index is -3.94. The molecule has 0 unspecified atom stereocenters. The van der Waals surface area contributed by atoms with Gasteiger partial charge in [-0.25, -0.2) is 8.42 Å². The predicted octanol–water partition coefficient (Wildman–Crippen LogP) is 3.48. The molecule has 0 fully saturated rings. The van der Waals surface area contributed by atoms with Crippen LogP contribution in [0.15, 0.2) is 47.4 Å². The quantitative estimate of drug-likeness (QED) is 0.629. The first kappa shape index (κ1) is 21.5. The maximum absolute atomic E-state index is 12.6. The number of halogens is 2. The molecule has 0 aliphatic heterocycles. The number of sulfonamides is 1. The average molecular weight is 430 g/mol. The molecule has 0 saturated carbocycles. The molecular weight excluding hydrogens is 409 g/mol. The predicted molar refractivity (Wildman–Crippen MR) is 109 cm³/mol. The van der Waals surface area contributed by atoms with Crippen molar-refractivity contribution in [2.45, 2.75) is 11.3 Å². The first-order valence-electron chi connectivity index (χ1n) is 8.20. The lowest BCUT2D eigenvalue weighted by Crippen LogP contribution is -2.27. The molecular formula is C18H21Cl2N3O3S. The lowest BCUT2D eigenvalue weighted by molar-refractivity contribution is 0.0952. The summed E-state index contributed by atoms with van der Waals surface area (Å²) in [5.41, 5.74) is 0.615. The Labute approximate surface area is 169 Å². The van der Waals surface area contributed by atoms with Crippen LogP contribution in [0.3, 0.4) is 0 Å². The molecule has 0 aliphatic carbocycles. The van der Waals surface area contributed by atoms with Crippen LogP contribution in [0.1, 0.15) is 16.8 Å². The number of rotatable bonds is 8. The van der Waals surface area contributed by atoms with E-state index in [1.165, 1.54) is 24.3 Å². The van der Waals surface area contributed by atoms with Crippen molar-refractivity contribution in [2.75, 3.05) is 31.9 Å². The summed E-state index contributed by atoms with van der Waals surface area (Å²) in [6.45, 7) is 1.39. The summed E-state index contributed by atoms with van der Waals surface area (Å²) < 4.78 is 27.6. The molecule has 0 aromatic heterocycles. The van der Waals surface area contributed by atoms with E-state index in [1.54, 1.807) is 18.2 Å². The van der Waals surface area contributed by atoms with E-state index in [1.807, 2.05) is 19.0 Å². The number of anilines is 1. The second-order valence-corrected chi connectivity index (χ2v) is 8.67. The number of hydrogen-bond acceptors (Lipinski definition) is 4. The molecule has 2 rings (SSSR count). The zero-order chi connectivity index (χ0) is 20.0. The molecule has 27 heavy (non-hydrogen) atoms. The third kappa shape index (κ3) is 6.39. The van der Waals surface area contributed by atoms with E-state index in [-0.39, 0.29) is 26.5 Å². The van der Waals surface area contributed by atoms with Gasteiger partial charge in [-0.3, -0.25) is 9.52 Å². The van der Waals surface area contributed by atoms with Crippen molar-refractivity contribution in [3.63, 3.8) is 0 Å². The maximum atomic E-state index is 12.6. The number of benzene rings is 2. The molecule has 0 bridgehead atoms. The fraction of sp³-hybridized carbons (Fsp3) is 0.278. The van der Waals surface area contributed by atoms with Crippen molar-refractivity contribution in [3.8, 4) is 0 Å². The van der Waals surface area contributed by atoms with Crippen LogP contribution < -0.4 is 10.0 Å². The summed E-state index contributed by atoms with van der Waals surface area (Å²) in [5.74, 6) is -0.268. The minimum absolute atomic E-state index is 0.0571. The molecule has 2 aromatic rings. The Morgan fingerprint density at radius 3 is 2.56 bits per heavy atom. The van der Waals surface area contributed by atoms with Crippen LogP contribution in [0.5, 0.6) is 0 Å². The first-order valence-corrected chi connectivity index (χ1v) is 10.4. The molecule has 9 heteroatoms. The van der Waals surface area contributed by atoms with Crippen LogP contribution in [0.2, 0.25) is 10.0 Å². The molecule has 0 heterocycles. The smallest absolute Gasteiger partial charge is 0.263 e. The second kappa shape index (κ2) is 9.41. The van der Waals surface area contributed by atoms with E-state index in [0.29, 0.717) is 12.1 Å². The van der Waals surface area contributed by atoms with Gasteiger partial charge in [0.25, 0.3) is 15.9 Å². The minimum Gasteiger partial charge on any atom is -0.352 e. The summed E-state index contributed by atoms with van der Waals surface area (Å²) in [7, 11) is -0.0192. The molecule has 2 N–H and O–H groups in total. The molecule has 2 aromatic carbocycles. The summed E-state index contributed by atoms with van der Waals surface area (Å²) >= 11 is 11.8. The fourth-order valence-corrected chi connectivity index (χ4v) is 4.13. The second-order valence-electron chi connectivity index (χ2n) is 6.17. The largest absolute Gasteiger partial charge is 0.352 e. The Kier molecular flexibility index (Phi) is 7.49. The van der Waals surface area contributed by atoms with Crippen LogP contribution in [0, 0.1) is 0 Å². The van der Waals surface area contributed by atoms with E-state index < -0.39 is 10.0 Å². The summed E-state index contributed by atoms with van der Waals surface area (Å²) in [6, 6.07) is 10.4. The number of nitrogens with zero attached hydrogens (tertiary/aromatic N) is 1. The molecule has 1 amide bonds. The number of hydrogen-bond donors (Lipinski definition) is 2. The average Bonchev–Trinajstić information content (AvgIpc) is 2.60. The highest BCUT2D eigenvalue weighted by atomic mass is 35.5. The van der Waals surface area contributed by atoms with Crippen molar-refractivity contribution in [1.29, 1.82) is 0 Å². The van der Waals surface area contributed by atoms with Crippen LogP contribution in [-0.4, -0.2) is 46.4 Å². The number of amides is 1. The van der Waals surface area contributed by atoms with Crippen LogP contribution in [-0.2, 0) is 10.0 Å². The van der Waals surface area contributed by atoms with Gasteiger partial charge in [0.1, 0.15) is 4.90 Å². The summed E-state index contributed by atoms with van der Waals surface area (Å²) in [5, 5.41) is 3.12. The van der Waals surface area contributed by atoms with Crippen LogP contribution in [0.4, 0.5) is 5.69 Å².